The molecule has 2 saturated heterocycles. The summed E-state index contributed by atoms with van der Waals surface area (Å²) < 4.78 is 5.68. The molecule has 1 N–H and O–H groups in total. The molecule has 1 aliphatic carbocycles. The summed E-state index contributed by atoms with van der Waals surface area (Å²) in [5.74, 6) is 0.704. The molecule has 0 bridgehead atoms. The third kappa shape index (κ3) is 3.37. The summed E-state index contributed by atoms with van der Waals surface area (Å²) in [6, 6.07) is 0.588. The van der Waals surface area contributed by atoms with Gasteiger partial charge in [0.1, 0.15) is 0 Å². The SMILES string of the molecule is CCNC1COCC1CN1CCC2(CCCCC2)CC1. The van der Waals surface area contributed by atoms with Gasteiger partial charge in [-0.3, -0.25) is 0 Å². The minimum absolute atomic E-state index is 0.588. The number of ether oxygens (including phenoxy) is 1. The number of nitrogens with one attached hydrogen (secondary N) is 1. The standard InChI is InChI=1S/C17H32N2O/c1-2-18-16-14-20-13-15(16)12-19-10-8-17(9-11-19)6-4-3-5-7-17/h15-16,18H,2-14H2,1H3. The number of hydrogen-bond acceptors (Lipinski definition) is 3. The average molecular weight is 280 g/mol. The zero-order valence-electron chi connectivity index (χ0n) is 13.2. The first-order valence-electron chi connectivity index (χ1n) is 8.85. The Morgan fingerprint density at radius 2 is 1.80 bits per heavy atom. The summed E-state index contributed by atoms with van der Waals surface area (Å²) >= 11 is 0. The third-order valence-electron chi connectivity index (χ3n) is 5.99. The van der Waals surface area contributed by atoms with Crippen molar-refractivity contribution in [3.05, 3.63) is 0 Å². The number of nitrogens with zero attached hydrogens (tertiary/aromatic N) is 1. The summed E-state index contributed by atoms with van der Waals surface area (Å²) in [7, 11) is 0. The molecule has 0 aromatic rings. The van der Waals surface area contributed by atoms with E-state index in [-0.39, 0.29) is 0 Å². The van der Waals surface area contributed by atoms with E-state index in [1.807, 2.05) is 0 Å². The van der Waals surface area contributed by atoms with Gasteiger partial charge >= 0.3 is 0 Å². The molecule has 2 heterocycles. The molecule has 2 atom stereocenters. The summed E-state index contributed by atoms with van der Waals surface area (Å²) in [6.45, 7) is 9.03. The second-order valence-corrected chi connectivity index (χ2v) is 7.32. The van der Waals surface area contributed by atoms with Gasteiger partial charge in [-0.15, -0.1) is 0 Å². The smallest absolute Gasteiger partial charge is 0.0623 e. The second-order valence-electron chi connectivity index (χ2n) is 7.32. The molecule has 1 saturated carbocycles. The van der Waals surface area contributed by atoms with E-state index >= 15 is 0 Å². The highest BCUT2D eigenvalue weighted by Gasteiger charge is 2.37. The first-order chi connectivity index (χ1) is 9.81. The van der Waals surface area contributed by atoms with Crippen molar-refractivity contribution >= 4 is 0 Å². The molecule has 2 unspecified atom stereocenters. The number of hydrogen-bond donors (Lipinski definition) is 1. The predicted molar refractivity (Wildman–Crippen MR) is 83.0 cm³/mol. The Balaban J connectivity index is 1.46. The Morgan fingerprint density at radius 1 is 1.05 bits per heavy atom. The lowest BCUT2D eigenvalue weighted by atomic mass is 9.68. The van der Waals surface area contributed by atoms with Gasteiger partial charge in [0, 0.05) is 18.5 Å². The van der Waals surface area contributed by atoms with Gasteiger partial charge < -0.3 is 15.0 Å². The molecule has 0 aromatic heterocycles. The van der Waals surface area contributed by atoms with E-state index < -0.39 is 0 Å². The van der Waals surface area contributed by atoms with Crippen LogP contribution in [0.15, 0.2) is 0 Å². The number of likely N-dealkylation sites (tertiary alicyclic amines) is 1. The van der Waals surface area contributed by atoms with Crippen molar-refractivity contribution in [3.63, 3.8) is 0 Å². The van der Waals surface area contributed by atoms with Crippen molar-refractivity contribution in [2.24, 2.45) is 11.3 Å². The van der Waals surface area contributed by atoms with Gasteiger partial charge in [0.05, 0.1) is 13.2 Å². The van der Waals surface area contributed by atoms with Crippen LogP contribution >= 0.6 is 0 Å². The van der Waals surface area contributed by atoms with Crippen molar-refractivity contribution in [2.75, 3.05) is 39.4 Å². The van der Waals surface area contributed by atoms with Crippen LogP contribution in [0.5, 0.6) is 0 Å². The number of rotatable bonds is 4. The molecule has 3 heteroatoms. The normalized spacial score (nSPS) is 34.6. The fraction of sp³-hybridized carbons (Fsp3) is 1.00. The van der Waals surface area contributed by atoms with Crippen molar-refractivity contribution < 1.29 is 4.74 Å². The average Bonchev–Trinajstić information content (AvgIpc) is 2.90. The van der Waals surface area contributed by atoms with E-state index in [1.54, 1.807) is 0 Å². The van der Waals surface area contributed by atoms with E-state index in [4.69, 9.17) is 4.74 Å². The Bertz CT molecular complexity index is 291. The molecule has 1 spiro atoms. The van der Waals surface area contributed by atoms with E-state index in [1.165, 1.54) is 64.6 Å². The van der Waals surface area contributed by atoms with Crippen LogP contribution in [0.2, 0.25) is 0 Å². The summed E-state index contributed by atoms with van der Waals surface area (Å²) in [5, 5.41) is 3.59. The molecule has 2 aliphatic heterocycles. The fourth-order valence-electron chi connectivity index (χ4n) is 4.61. The van der Waals surface area contributed by atoms with Crippen molar-refractivity contribution in [2.45, 2.75) is 57.9 Å². The maximum Gasteiger partial charge on any atom is 0.0623 e. The van der Waals surface area contributed by atoms with Gasteiger partial charge in [-0.05, 0) is 50.7 Å². The Hall–Kier alpha value is -0.120. The highest BCUT2D eigenvalue weighted by Crippen LogP contribution is 2.44. The first kappa shape index (κ1) is 14.8. The third-order valence-corrected chi connectivity index (χ3v) is 5.99. The van der Waals surface area contributed by atoms with Gasteiger partial charge in [0.2, 0.25) is 0 Å². The molecular weight excluding hydrogens is 248 g/mol. The highest BCUT2D eigenvalue weighted by molar-refractivity contribution is 4.90. The van der Waals surface area contributed by atoms with E-state index in [9.17, 15) is 0 Å². The molecule has 20 heavy (non-hydrogen) atoms. The zero-order chi connectivity index (χ0) is 13.8. The van der Waals surface area contributed by atoms with E-state index in [2.05, 4.69) is 17.1 Å². The van der Waals surface area contributed by atoms with Crippen LogP contribution < -0.4 is 5.32 Å². The molecule has 3 nitrogen and oxygen atoms in total. The van der Waals surface area contributed by atoms with Crippen LogP contribution in [0.3, 0.4) is 0 Å². The predicted octanol–water partition coefficient (Wildman–Crippen LogP) is 2.66. The van der Waals surface area contributed by atoms with E-state index in [0.29, 0.717) is 12.0 Å². The van der Waals surface area contributed by atoms with Crippen LogP contribution in [0, 0.1) is 11.3 Å². The monoisotopic (exact) mass is 280 g/mol. The summed E-state index contributed by atoms with van der Waals surface area (Å²) in [4.78, 5) is 2.71. The maximum absolute atomic E-state index is 5.68. The highest BCUT2D eigenvalue weighted by atomic mass is 16.5. The van der Waals surface area contributed by atoms with Crippen LogP contribution in [-0.2, 0) is 4.74 Å². The van der Waals surface area contributed by atoms with E-state index in [0.717, 1.165) is 25.2 Å². The van der Waals surface area contributed by atoms with Crippen LogP contribution in [0.25, 0.3) is 0 Å². The van der Waals surface area contributed by atoms with Crippen molar-refractivity contribution in [3.8, 4) is 0 Å². The maximum atomic E-state index is 5.68. The topological polar surface area (TPSA) is 24.5 Å². The largest absolute Gasteiger partial charge is 0.379 e. The quantitative estimate of drug-likeness (QED) is 0.857. The number of piperidine rings is 1. The Kier molecular flexibility index (Phi) is 5.00. The molecule has 3 fully saturated rings. The Labute approximate surface area is 124 Å². The van der Waals surface area contributed by atoms with Crippen LogP contribution in [-0.4, -0.2) is 50.3 Å². The van der Waals surface area contributed by atoms with Gasteiger partial charge in [-0.25, -0.2) is 0 Å². The lowest BCUT2D eigenvalue weighted by molar-refractivity contribution is 0.0567. The first-order valence-corrected chi connectivity index (χ1v) is 8.85. The van der Waals surface area contributed by atoms with Crippen LogP contribution in [0.1, 0.15) is 51.9 Å². The molecule has 0 aromatic carbocycles. The lowest BCUT2D eigenvalue weighted by Gasteiger charge is -2.45. The molecule has 0 radical (unpaired) electrons. The summed E-state index contributed by atoms with van der Waals surface area (Å²) in [5.41, 5.74) is 0.738. The van der Waals surface area contributed by atoms with Crippen LogP contribution in [0.4, 0.5) is 0 Å². The Morgan fingerprint density at radius 3 is 2.50 bits per heavy atom. The van der Waals surface area contributed by atoms with Crippen molar-refractivity contribution in [1.82, 2.24) is 10.2 Å². The molecule has 3 rings (SSSR count). The minimum Gasteiger partial charge on any atom is -0.379 e. The number of likely N-dealkylation sites (N-methyl/N-ethyl adjacent to an activating group) is 1. The molecule has 0 amide bonds. The molecule has 3 aliphatic rings. The fourth-order valence-corrected chi connectivity index (χ4v) is 4.61. The minimum atomic E-state index is 0.588. The second kappa shape index (κ2) is 6.76. The van der Waals surface area contributed by atoms with Gasteiger partial charge in [0.25, 0.3) is 0 Å². The molecule has 116 valence electrons. The van der Waals surface area contributed by atoms with Gasteiger partial charge in [-0.1, -0.05) is 26.2 Å². The van der Waals surface area contributed by atoms with Crippen molar-refractivity contribution in [1.29, 1.82) is 0 Å². The lowest BCUT2D eigenvalue weighted by Crippen LogP contribution is -2.46. The van der Waals surface area contributed by atoms with Gasteiger partial charge in [0.15, 0.2) is 0 Å². The van der Waals surface area contributed by atoms with Gasteiger partial charge in [-0.2, -0.15) is 0 Å². The zero-order valence-corrected chi connectivity index (χ0v) is 13.2. The summed E-state index contributed by atoms with van der Waals surface area (Å²) in [6.07, 6.45) is 10.4. The molecular formula is C17H32N2O.